The molecule has 72 valence electrons. The number of hydrogen-bond donors (Lipinski definition) is 2. The Balaban J connectivity index is 2.10. The third kappa shape index (κ3) is 2.09. The highest BCUT2D eigenvalue weighted by molar-refractivity contribution is 7.99. The quantitative estimate of drug-likeness (QED) is 0.778. The SMILES string of the molecule is NCc1ccc(Sc2ncn[nH]2)nc1. The second kappa shape index (κ2) is 4.21. The van der Waals surface area contributed by atoms with Crippen molar-refractivity contribution in [2.75, 3.05) is 0 Å². The number of aromatic amines is 1. The van der Waals surface area contributed by atoms with Crippen molar-refractivity contribution in [2.45, 2.75) is 16.7 Å². The Labute approximate surface area is 85.2 Å². The van der Waals surface area contributed by atoms with Gasteiger partial charge in [0, 0.05) is 12.7 Å². The molecular formula is C8H9N5S. The summed E-state index contributed by atoms with van der Waals surface area (Å²) >= 11 is 1.43. The monoisotopic (exact) mass is 207 g/mol. The summed E-state index contributed by atoms with van der Waals surface area (Å²) in [6, 6.07) is 3.86. The van der Waals surface area contributed by atoms with E-state index in [1.807, 2.05) is 12.1 Å². The number of nitrogens with zero attached hydrogens (tertiary/aromatic N) is 3. The molecule has 2 heterocycles. The molecule has 0 aliphatic heterocycles. The van der Waals surface area contributed by atoms with E-state index in [1.165, 1.54) is 18.1 Å². The van der Waals surface area contributed by atoms with Gasteiger partial charge in [-0.2, -0.15) is 5.10 Å². The number of nitrogens with one attached hydrogen (secondary N) is 1. The minimum Gasteiger partial charge on any atom is -0.326 e. The fourth-order valence-corrected chi connectivity index (χ4v) is 1.57. The van der Waals surface area contributed by atoms with E-state index in [-0.39, 0.29) is 0 Å². The van der Waals surface area contributed by atoms with Crippen LogP contribution in [0, 0.1) is 0 Å². The van der Waals surface area contributed by atoms with E-state index in [0.29, 0.717) is 6.54 Å². The van der Waals surface area contributed by atoms with Crippen LogP contribution < -0.4 is 5.73 Å². The molecule has 2 aromatic rings. The summed E-state index contributed by atoms with van der Waals surface area (Å²) in [5, 5.41) is 8.11. The summed E-state index contributed by atoms with van der Waals surface area (Å²) in [5.74, 6) is 0. The molecule has 0 unspecified atom stereocenters. The van der Waals surface area contributed by atoms with E-state index < -0.39 is 0 Å². The minimum atomic E-state index is 0.514. The average molecular weight is 207 g/mol. The van der Waals surface area contributed by atoms with E-state index >= 15 is 0 Å². The van der Waals surface area contributed by atoms with E-state index in [9.17, 15) is 0 Å². The Morgan fingerprint density at radius 2 is 2.29 bits per heavy atom. The van der Waals surface area contributed by atoms with Gasteiger partial charge in [-0.1, -0.05) is 6.07 Å². The van der Waals surface area contributed by atoms with Gasteiger partial charge in [0.25, 0.3) is 0 Å². The lowest BCUT2D eigenvalue weighted by Gasteiger charge is -1.98. The summed E-state index contributed by atoms with van der Waals surface area (Å²) in [4.78, 5) is 8.21. The molecule has 2 rings (SSSR count). The molecule has 0 spiro atoms. The van der Waals surface area contributed by atoms with Gasteiger partial charge in [-0.3, -0.25) is 5.10 Å². The summed E-state index contributed by atoms with van der Waals surface area (Å²) in [7, 11) is 0. The van der Waals surface area contributed by atoms with E-state index in [4.69, 9.17) is 5.73 Å². The standard InChI is InChI=1S/C8H9N5S/c9-3-6-1-2-7(10-4-6)14-8-11-5-12-13-8/h1-2,4-5H,3,9H2,(H,11,12,13). The van der Waals surface area contributed by atoms with Gasteiger partial charge in [0.15, 0.2) is 5.16 Å². The van der Waals surface area contributed by atoms with Crippen molar-refractivity contribution in [1.82, 2.24) is 20.2 Å². The van der Waals surface area contributed by atoms with E-state index in [0.717, 1.165) is 15.7 Å². The molecule has 0 saturated carbocycles. The number of H-pyrrole nitrogens is 1. The molecule has 0 atom stereocenters. The molecule has 3 N–H and O–H groups in total. The van der Waals surface area contributed by atoms with Crippen LogP contribution in [0.3, 0.4) is 0 Å². The Morgan fingerprint density at radius 3 is 2.86 bits per heavy atom. The fraction of sp³-hybridized carbons (Fsp3) is 0.125. The van der Waals surface area contributed by atoms with Crippen molar-refractivity contribution in [2.24, 2.45) is 5.73 Å². The summed E-state index contributed by atoms with van der Waals surface area (Å²) in [5.41, 5.74) is 6.48. The predicted molar refractivity (Wildman–Crippen MR) is 52.6 cm³/mol. The number of hydrogen-bond acceptors (Lipinski definition) is 5. The topological polar surface area (TPSA) is 80.5 Å². The predicted octanol–water partition coefficient (Wildman–Crippen LogP) is 0.810. The first-order chi connectivity index (χ1) is 6.88. The second-order valence-corrected chi connectivity index (χ2v) is 3.61. The van der Waals surface area contributed by atoms with Gasteiger partial charge < -0.3 is 5.73 Å². The van der Waals surface area contributed by atoms with Crippen LogP contribution in [0.4, 0.5) is 0 Å². The fourth-order valence-electron chi connectivity index (χ4n) is 0.935. The van der Waals surface area contributed by atoms with Crippen molar-refractivity contribution in [3.63, 3.8) is 0 Å². The Hall–Kier alpha value is -1.40. The molecule has 2 aromatic heterocycles. The highest BCUT2D eigenvalue weighted by Crippen LogP contribution is 2.21. The van der Waals surface area contributed by atoms with Gasteiger partial charge in [-0.05, 0) is 23.4 Å². The maximum absolute atomic E-state index is 5.46. The number of pyridine rings is 1. The second-order valence-electron chi connectivity index (χ2n) is 2.60. The molecule has 0 bridgehead atoms. The molecule has 6 heteroatoms. The van der Waals surface area contributed by atoms with E-state index in [2.05, 4.69) is 20.2 Å². The first-order valence-corrected chi connectivity index (χ1v) is 4.88. The maximum atomic E-state index is 5.46. The highest BCUT2D eigenvalue weighted by atomic mass is 32.2. The van der Waals surface area contributed by atoms with Crippen molar-refractivity contribution in [1.29, 1.82) is 0 Å². The van der Waals surface area contributed by atoms with Crippen LogP contribution in [0.5, 0.6) is 0 Å². The first-order valence-electron chi connectivity index (χ1n) is 4.06. The number of aromatic nitrogens is 4. The summed E-state index contributed by atoms with van der Waals surface area (Å²) in [6.07, 6.45) is 3.23. The molecule has 0 saturated heterocycles. The lowest BCUT2D eigenvalue weighted by molar-refractivity contribution is 0.962. The van der Waals surface area contributed by atoms with E-state index in [1.54, 1.807) is 6.20 Å². The van der Waals surface area contributed by atoms with Crippen LogP contribution in [0.25, 0.3) is 0 Å². The first kappa shape index (κ1) is 9.17. The van der Waals surface area contributed by atoms with Crippen LogP contribution in [-0.4, -0.2) is 20.2 Å². The third-order valence-electron chi connectivity index (χ3n) is 1.63. The van der Waals surface area contributed by atoms with Gasteiger partial charge in [-0.15, -0.1) is 0 Å². The maximum Gasteiger partial charge on any atom is 0.189 e. The zero-order valence-electron chi connectivity index (χ0n) is 7.34. The van der Waals surface area contributed by atoms with Crippen molar-refractivity contribution in [3.05, 3.63) is 30.2 Å². The smallest absolute Gasteiger partial charge is 0.189 e. The molecule has 0 amide bonds. The Morgan fingerprint density at radius 1 is 1.36 bits per heavy atom. The largest absolute Gasteiger partial charge is 0.326 e. The normalized spacial score (nSPS) is 10.4. The van der Waals surface area contributed by atoms with Crippen LogP contribution in [0.1, 0.15) is 5.56 Å². The third-order valence-corrected chi connectivity index (χ3v) is 2.47. The average Bonchev–Trinajstić information content (AvgIpc) is 2.72. The van der Waals surface area contributed by atoms with Gasteiger partial charge in [0.2, 0.25) is 0 Å². The Kier molecular flexibility index (Phi) is 2.76. The van der Waals surface area contributed by atoms with Gasteiger partial charge in [0.1, 0.15) is 11.4 Å². The molecule has 0 fully saturated rings. The highest BCUT2D eigenvalue weighted by Gasteiger charge is 2.00. The number of nitrogens with two attached hydrogens (primary N) is 1. The van der Waals surface area contributed by atoms with Crippen LogP contribution in [0.15, 0.2) is 34.8 Å². The zero-order chi connectivity index (χ0) is 9.80. The van der Waals surface area contributed by atoms with Gasteiger partial charge >= 0.3 is 0 Å². The van der Waals surface area contributed by atoms with Crippen molar-refractivity contribution < 1.29 is 0 Å². The van der Waals surface area contributed by atoms with Crippen molar-refractivity contribution in [3.8, 4) is 0 Å². The molecule has 0 radical (unpaired) electrons. The molecule has 0 aromatic carbocycles. The van der Waals surface area contributed by atoms with Gasteiger partial charge in [0.05, 0.1) is 0 Å². The lowest BCUT2D eigenvalue weighted by atomic mass is 10.3. The van der Waals surface area contributed by atoms with Crippen LogP contribution in [-0.2, 0) is 6.54 Å². The molecule has 14 heavy (non-hydrogen) atoms. The van der Waals surface area contributed by atoms with Gasteiger partial charge in [-0.25, -0.2) is 9.97 Å². The summed E-state index contributed by atoms with van der Waals surface area (Å²) in [6.45, 7) is 0.514. The Bertz CT molecular complexity index is 383. The zero-order valence-corrected chi connectivity index (χ0v) is 8.16. The number of rotatable bonds is 3. The summed E-state index contributed by atoms with van der Waals surface area (Å²) < 4.78 is 0. The van der Waals surface area contributed by atoms with Crippen molar-refractivity contribution >= 4 is 11.8 Å². The van der Waals surface area contributed by atoms with Crippen LogP contribution >= 0.6 is 11.8 Å². The molecule has 5 nitrogen and oxygen atoms in total. The molecular weight excluding hydrogens is 198 g/mol. The van der Waals surface area contributed by atoms with Crippen LogP contribution in [0.2, 0.25) is 0 Å². The lowest BCUT2D eigenvalue weighted by Crippen LogP contribution is -1.96. The minimum absolute atomic E-state index is 0.514. The molecule has 0 aliphatic rings. The molecule has 0 aliphatic carbocycles.